The van der Waals surface area contributed by atoms with Gasteiger partial charge < -0.3 is 97.0 Å². The van der Waals surface area contributed by atoms with Crippen molar-refractivity contribution in [1.29, 1.82) is 0 Å². The van der Waals surface area contributed by atoms with Gasteiger partial charge in [0.2, 0.25) is 0 Å². The van der Waals surface area contributed by atoms with Gasteiger partial charge in [-0.25, -0.2) is 9.59 Å². The van der Waals surface area contributed by atoms with Crippen LogP contribution in [0, 0.1) is 16.7 Å². The van der Waals surface area contributed by atoms with Crippen LogP contribution in [0.3, 0.4) is 0 Å². The minimum Gasteiger partial charge on any atom is -0.458 e. The van der Waals surface area contributed by atoms with Gasteiger partial charge in [-0.3, -0.25) is 0 Å². The van der Waals surface area contributed by atoms with Gasteiger partial charge in [-0.2, -0.15) is 0 Å². The second-order valence-electron chi connectivity index (χ2n) is 25.9. The largest absolute Gasteiger partial charge is 0.458 e. The van der Waals surface area contributed by atoms with Gasteiger partial charge in [0.25, 0.3) is 0 Å². The zero-order valence-corrected chi connectivity index (χ0v) is 51.8. The molecule has 8 aliphatic rings. The van der Waals surface area contributed by atoms with Crippen molar-refractivity contribution < 1.29 is 107 Å². The monoisotopic (exact) mass is 1220 g/mol. The molecule has 4 aliphatic carbocycles. The Kier molecular flexibility index (Phi) is 19.8. The Balaban J connectivity index is 0.787. The molecular formula is C65H92O22. The normalized spacial score (nSPS) is 46.7. The van der Waals surface area contributed by atoms with Gasteiger partial charge in [0, 0.05) is 71.5 Å². The van der Waals surface area contributed by atoms with Crippen LogP contribution >= 0.6 is 0 Å². The highest BCUT2D eigenvalue weighted by molar-refractivity contribution is 5.89. The van der Waals surface area contributed by atoms with Crippen molar-refractivity contribution in [2.45, 2.75) is 251 Å². The Morgan fingerprint density at radius 2 is 1.16 bits per heavy atom. The molecule has 0 amide bonds. The lowest BCUT2D eigenvalue weighted by Gasteiger charge is -2.68. The molecule has 6 N–H and O–H groups in total. The van der Waals surface area contributed by atoms with Crippen molar-refractivity contribution in [2.24, 2.45) is 16.7 Å². The fourth-order valence-corrected chi connectivity index (χ4v) is 16.1. The van der Waals surface area contributed by atoms with E-state index in [-0.39, 0.29) is 44.1 Å². The first-order chi connectivity index (χ1) is 41.3. The first-order valence-electron chi connectivity index (χ1n) is 30.8. The number of aliphatic hydroxyl groups excluding tert-OH is 2. The average molecular weight is 1230 g/mol. The Labute approximate surface area is 509 Å². The molecule has 7 fully saturated rings. The third-order valence-corrected chi connectivity index (χ3v) is 21.3. The van der Waals surface area contributed by atoms with Crippen LogP contribution in [0.5, 0.6) is 0 Å². The van der Waals surface area contributed by atoms with E-state index in [2.05, 4.69) is 0 Å². The van der Waals surface area contributed by atoms with Crippen LogP contribution < -0.4 is 0 Å². The third-order valence-electron chi connectivity index (χ3n) is 21.3. The first kappa shape index (κ1) is 66.1. The lowest BCUT2D eigenvalue weighted by molar-refractivity contribution is -0.356. The van der Waals surface area contributed by atoms with E-state index in [1.807, 2.05) is 58.0 Å². The van der Waals surface area contributed by atoms with E-state index < -0.39 is 174 Å². The first-order valence-corrected chi connectivity index (χ1v) is 30.8. The molecule has 484 valence electrons. The van der Waals surface area contributed by atoms with E-state index in [4.69, 9.17) is 66.3 Å². The molecule has 0 aromatic heterocycles. The number of ether oxygens (including phenoxy) is 14. The van der Waals surface area contributed by atoms with Gasteiger partial charge in [-0.05, 0) is 90.5 Å². The standard InChI is InChI=1S/C65H92O22/c1-35-52(67)57(77-11)53(68)59(81-35)87-56-38(4)80-51(32-45(56)76-10)86-55-37(3)79-50(31-44(55)75-9)85-54-36(2)78-49(30-43(54)74-8)83-42-24-25-60(6)46-33-47(84-48(66)23-22-40-18-14-12-15-19-40)61(7)63(71,39(5)82-58(69)41-20-16-13-17-21-41)28-29-65(61,73)64(46,72)27-26-62(60,70)34-42/h12-23,26-27,35-39,42-47,49-57,59,67-68,70-73H,24-25,28-34H2,1-11H3/t35-,36+,37-,38-,39-,42-,43+,44-,45-,46?,47+,49+,50-,51+,52-,53+,54-,55+,56+,57+,59+,60+,61+,62+,63-,64-,65-/m0/s1. The summed E-state index contributed by atoms with van der Waals surface area (Å²) in [7, 11) is 6.17. The van der Waals surface area contributed by atoms with Crippen LogP contribution in [-0.2, 0) is 71.1 Å². The van der Waals surface area contributed by atoms with Crippen molar-refractivity contribution in [2.75, 3.05) is 28.4 Å². The quantitative estimate of drug-likeness (QED) is 0.0662. The zero-order chi connectivity index (χ0) is 62.6. The molecule has 1 unspecified atom stereocenters. The van der Waals surface area contributed by atoms with Gasteiger partial charge in [0.05, 0.1) is 65.4 Å². The fourth-order valence-electron chi connectivity index (χ4n) is 16.1. The molecule has 10 rings (SSSR count). The van der Waals surface area contributed by atoms with Crippen molar-refractivity contribution >= 4 is 18.0 Å². The van der Waals surface area contributed by atoms with E-state index in [0.29, 0.717) is 19.3 Å². The molecule has 3 saturated carbocycles. The van der Waals surface area contributed by atoms with Gasteiger partial charge in [0.15, 0.2) is 25.2 Å². The minimum atomic E-state index is -2.17. The number of carbonyl (C=O) groups excluding carboxylic acids is 2. The van der Waals surface area contributed by atoms with E-state index in [1.54, 1.807) is 84.6 Å². The molecule has 0 spiro atoms. The number of esters is 2. The van der Waals surface area contributed by atoms with Crippen LogP contribution in [0.15, 0.2) is 78.9 Å². The molecule has 4 heterocycles. The molecule has 22 heteroatoms. The smallest absolute Gasteiger partial charge is 0.338 e. The summed E-state index contributed by atoms with van der Waals surface area (Å²) < 4.78 is 87.2. The summed E-state index contributed by atoms with van der Waals surface area (Å²) in [5, 5.41) is 74.2. The molecular weight excluding hydrogens is 1130 g/mol. The maximum atomic E-state index is 14.0. The predicted molar refractivity (Wildman–Crippen MR) is 309 cm³/mol. The molecule has 2 aromatic carbocycles. The number of benzene rings is 2. The molecule has 2 aromatic rings. The summed E-state index contributed by atoms with van der Waals surface area (Å²) >= 11 is 0. The second-order valence-corrected chi connectivity index (χ2v) is 25.9. The second kappa shape index (κ2) is 26.0. The highest BCUT2D eigenvalue weighted by Crippen LogP contribution is 2.72. The molecule has 4 aliphatic heterocycles. The fraction of sp³-hybridized carbons (Fsp3) is 0.723. The van der Waals surface area contributed by atoms with Crippen LogP contribution in [-0.4, -0.2) is 216 Å². The van der Waals surface area contributed by atoms with Crippen LogP contribution in [0.4, 0.5) is 0 Å². The minimum absolute atomic E-state index is 0.0771. The lowest BCUT2D eigenvalue weighted by Crippen LogP contribution is -2.80. The van der Waals surface area contributed by atoms with Gasteiger partial charge in [0.1, 0.15) is 65.6 Å². The summed E-state index contributed by atoms with van der Waals surface area (Å²) in [6.45, 7) is 12.3. The number of carbonyl (C=O) groups is 2. The topological polar surface area (TPSA) is 285 Å². The lowest BCUT2D eigenvalue weighted by atomic mass is 9.41. The van der Waals surface area contributed by atoms with Crippen molar-refractivity contribution in [3.05, 3.63) is 90.0 Å². The number of fused-ring (bicyclic) bond motifs is 5. The Bertz CT molecular complexity index is 2720. The molecule has 22 nitrogen and oxygen atoms in total. The summed E-state index contributed by atoms with van der Waals surface area (Å²) in [6, 6.07) is 17.5. The SMILES string of the molecule is CO[C@@H]1[C@@H](O)[C@H](C)O[C@H](O[C@@H]2[C@H](C)O[C@H](O[C@@H]3[C@H](C)O[C@@H](O[C@H]4[C@@H](C)O[C@H](O[C@H]5CC[C@]6(C)C7C[C@@H](OC(=O)C=Cc8ccccc8)[C@@]8(C)[C@@](O)(CC[C@]8(O)[C@H](C)OC(=O)c8ccccc8)[C@]7(O)C=C[C@@]6(O)C5)C[C@H]4OC)C[C@@H]3OC)C[C@@H]2OC)[C@@H]1O. The summed E-state index contributed by atoms with van der Waals surface area (Å²) in [4.78, 5) is 27.5. The number of aliphatic hydroxyl groups is 6. The predicted octanol–water partition coefficient (Wildman–Crippen LogP) is 4.83. The highest BCUT2D eigenvalue weighted by Gasteiger charge is 2.82. The van der Waals surface area contributed by atoms with Crippen molar-refractivity contribution in [3.8, 4) is 0 Å². The molecule has 4 saturated heterocycles. The number of methoxy groups -OCH3 is 4. The van der Waals surface area contributed by atoms with E-state index in [1.165, 1.54) is 19.3 Å². The van der Waals surface area contributed by atoms with Crippen molar-refractivity contribution in [3.63, 3.8) is 0 Å². The summed E-state index contributed by atoms with van der Waals surface area (Å²) in [5.74, 6) is -2.36. The van der Waals surface area contributed by atoms with E-state index >= 15 is 0 Å². The average Bonchev–Trinajstić information content (AvgIpc) is 1.62. The number of hydrogen-bond acceptors (Lipinski definition) is 22. The molecule has 87 heavy (non-hydrogen) atoms. The Morgan fingerprint density at radius 1 is 0.621 bits per heavy atom. The van der Waals surface area contributed by atoms with Crippen molar-refractivity contribution in [1.82, 2.24) is 0 Å². The van der Waals surface area contributed by atoms with E-state index in [0.717, 1.165) is 5.56 Å². The Morgan fingerprint density at radius 3 is 1.71 bits per heavy atom. The van der Waals surface area contributed by atoms with Gasteiger partial charge in [-0.15, -0.1) is 0 Å². The van der Waals surface area contributed by atoms with E-state index in [9.17, 15) is 40.2 Å². The molecule has 0 radical (unpaired) electrons. The highest BCUT2D eigenvalue weighted by atomic mass is 16.8. The summed E-state index contributed by atoms with van der Waals surface area (Å²) in [6.07, 6.45) is -8.01. The van der Waals surface area contributed by atoms with Crippen LogP contribution in [0.2, 0.25) is 0 Å². The Hall–Kier alpha value is -3.86. The van der Waals surface area contributed by atoms with Gasteiger partial charge >= 0.3 is 11.9 Å². The number of rotatable bonds is 18. The van der Waals surface area contributed by atoms with Crippen LogP contribution in [0.25, 0.3) is 6.08 Å². The molecule has 0 bridgehead atoms. The maximum absolute atomic E-state index is 14.0. The zero-order valence-electron chi connectivity index (χ0n) is 51.8. The van der Waals surface area contributed by atoms with Crippen LogP contribution in [0.1, 0.15) is 122 Å². The summed E-state index contributed by atoms with van der Waals surface area (Å²) in [5.41, 5.74) is -9.83. The molecule has 27 atom stereocenters. The number of hydrogen-bond donors (Lipinski definition) is 6. The van der Waals surface area contributed by atoms with Gasteiger partial charge in [-0.1, -0.05) is 74.5 Å². The third kappa shape index (κ3) is 11.9. The maximum Gasteiger partial charge on any atom is 0.338 e.